The number of nitro groups is 1. The van der Waals surface area contributed by atoms with Crippen molar-refractivity contribution in [2.45, 2.75) is 17.1 Å². The summed E-state index contributed by atoms with van der Waals surface area (Å²) in [6.07, 6.45) is 1.81. The zero-order valence-electron chi connectivity index (χ0n) is 15.6. The number of amides is 1. The van der Waals surface area contributed by atoms with Crippen molar-refractivity contribution in [3.8, 4) is 11.3 Å². The molecule has 2 aromatic carbocycles. The summed E-state index contributed by atoms with van der Waals surface area (Å²) in [5.74, 6) is -0.0767. The van der Waals surface area contributed by atoms with Crippen molar-refractivity contribution in [2.75, 3.05) is 5.32 Å². The van der Waals surface area contributed by atoms with Gasteiger partial charge < -0.3 is 5.32 Å². The standard InChI is InChI=1S/C20H15FN4O3S2/c1-12(30-16-8-6-15(7-9-16)25(27)28)19(26)23-18-17(13-2-4-14(21)5-3-13)22-20-24(18)10-11-29-20/h2-12H,1H3,(H,23,26). The van der Waals surface area contributed by atoms with Gasteiger partial charge in [0.05, 0.1) is 10.2 Å². The number of rotatable bonds is 6. The second-order valence-corrected chi connectivity index (χ2v) is 8.66. The fraction of sp³-hybridized carbons (Fsp3) is 0.100. The first kappa shape index (κ1) is 20.0. The van der Waals surface area contributed by atoms with Crippen molar-refractivity contribution in [1.82, 2.24) is 9.38 Å². The number of hydrogen-bond donors (Lipinski definition) is 1. The van der Waals surface area contributed by atoms with Crippen molar-refractivity contribution in [2.24, 2.45) is 0 Å². The Morgan fingerprint density at radius 3 is 2.60 bits per heavy atom. The van der Waals surface area contributed by atoms with Crippen LogP contribution in [0.2, 0.25) is 0 Å². The maximum absolute atomic E-state index is 13.3. The average Bonchev–Trinajstić information content (AvgIpc) is 3.31. The molecule has 1 N–H and O–H groups in total. The van der Waals surface area contributed by atoms with Crippen molar-refractivity contribution < 1.29 is 14.1 Å². The number of carbonyl (C=O) groups excluding carboxylic acids is 1. The van der Waals surface area contributed by atoms with Crippen LogP contribution in [0.15, 0.2) is 65.0 Å². The minimum absolute atomic E-state index is 0.000459. The van der Waals surface area contributed by atoms with Crippen molar-refractivity contribution >= 4 is 45.5 Å². The van der Waals surface area contributed by atoms with Gasteiger partial charge in [0.15, 0.2) is 4.96 Å². The highest BCUT2D eigenvalue weighted by Gasteiger charge is 2.21. The lowest BCUT2D eigenvalue weighted by Crippen LogP contribution is -2.23. The normalized spacial score (nSPS) is 12.1. The minimum Gasteiger partial charge on any atom is -0.309 e. The number of aromatic nitrogens is 2. The molecule has 0 bridgehead atoms. The lowest BCUT2D eigenvalue weighted by Gasteiger charge is -2.13. The molecule has 0 spiro atoms. The number of carbonyl (C=O) groups is 1. The van der Waals surface area contributed by atoms with Crippen LogP contribution in [0, 0.1) is 15.9 Å². The minimum atomic E-state index is -0.465. The summed E-state index contributed by atoms with van der Waals surface area (Å²) in [5.41, 5.74) is 1.25. The fourth-order valence-electron chi connectivity index (χ4n) is 2.84. The molecule has 4 aromatic rings. The van der Waals surface area contributed by atoms with E-state index < -0.39 is 10.2 Å². The van der Waals surface area contributed by atoms with Gasteiger partial charge in [0.2, 0.25) is 5.91 Å². The quantitative estimate of drug-likeness (QED) is 0.251. The molecule has 10 heteroatoms. The SMILES string of the molecule is CC(Sc1ccc([N+](=O)[O-])cc1)C(=O)Nc1c(-c2ccc(F)cc2)nc2sccn12. The zero-order valence-corrected chi connectivity index (χ0v) is 17.2. The maximum atomic E-state index is 13.3. The lowest BCUT2D eigenvalue weighted by atomic mass is 10.1. The average molecular weight is 442 g/mol. The van der Waals surface area contributed by atoms with E-state index in [9.17, 15) is 19.3 Å². The Morgan fingerprint density at radius 2 is 1.93 bits per heavy atom. The fourth-order valence-corrected chi connectivity index (χ4v) is 4.42. The first-order valence-corrected chi connectivity index (χ1v) is 10.6. The van der Waals surface area contributed by atoms with Crippen LogP contribution in [-0.2, 0) is 4.79 Å². The molecule has 152 valence electrons. The summed E-state index contributed by atoms with van der Waals surface area (Å²) in [6.45, 7) is 1.75. The largest absolute Gasteiger partial charge is 0.309 e. The number of fused-ring (bicyclic) bond motifs is 1. The van der Waals surface area contributed by atoms with Crippen LogP contribution in [0.25, 0.3) is 16.2 Å². The van der Waals surface area contributed by atoms with Gasteiger partial charge in [-0.15, -0.1) is 23.1 Å². The van der Waals surface area contributed by atoms with E-state index in [1.165, 1.54) is 47.4 Å². The van der Waals surface area contributed by atoms with Crippen LogP contribution in [-0.4, -0.2) is 25.5 Å². The van der Waals surface area contributed by atoms with Gasteiger partial charge >= 0.3 is 0 Å². The molecule has 0 radical (unpaired) electrons. The summed E-state index contributed by atoms with van der Waals surface area (Å²) >= 11 is 2.72. The molecular formula is C20H15FN4O3S2. The second-order valence-electron chi connectivity index (χ2n) is 6.37. The van der Waals surface area contributed by atoms with Crippen LogP contribution >= 0.6 is 23.1 Å². The van der Waals surface area contributed by atoms with Gasteiger partial charge in [-0.05, 0) is 43.3 Å². The summed E-state index contributed by atoms with van der Waals surface area (Å²) in [6, 6.07) is 12.0. The molecule has 2 aromatic heterocycles. The molecule has 0 aliphatic carbocycles. The number of thiazole rings is 1. The van der Waals surface area contributed by atoms with Crippen LogP contribution < -0.4 is 5.32 Å². The van der Waals surface area contributed by atoms with Gasteiger partial charge in [-0.1, -0.05) is 0 Å². The van der Waals surface area contributed by atoms with E-state index in [1.807, 2.05) is 11.6 Å². The first-order chi connectivity index (χ1) is 14.4. The molecule has 1 unspecified atom stereocenters. The molecule has 0 saturated heterocycles. The summed E-state index contributed by atoms with van der Waals surface area (Å²) in [4.78, 5) is 29.2. The van der Waals surface area contributed by atoms with Gasteiger partial charge in [-0.2, -0.15) is 0 Å². The number of imidazole rings is 1. The van der Waals surface area contributed by atoms with Gasteiger partial charge in [0.25, 0.3) is 5.69 Å². The second kappa shape index (κ2) is 8.25. The van der Waals surface area contributed by atoms with Gasteiger partial charge in [-0.3, -0.25) is 19.3 Å². The molecule has 0 fully saturated rings. The third-order valence-corrected chi connectivity index (χ3v) is 6.22. The molecule has 7 nitrogen and oxygen atoms in total. The predicted molar refractivity (Wildman–Crippen MR) is 116 cm³/mol. The number of nitrogens with zero attached hydrogens (tertiary/aromatic N) is 3. The third kappa shape index (κ3) is 4.05. The topological polar surface area (TPSA) is 89.5 Å². The van der Waals surface area contributed by atoms with Crippen LogP contribution in [0.1, 0.15) is 6.92 Å². The number of nitro benzene ring substituents is 1. The monoisotopic (exact) mass is 442 g/mol. The number of thioether (sulfide) groups is 1. The molecule has 0 saturated carbocycles. The summed E-state index contributed by atoms with van der Waals surface area (Å²) < 4.78 is 15.1. The summed E-state index contributed by atoms with van der Waals surface area (Å²) in [5, 5.41) is 15.1. The first-order valence-electron chi connectivity index (χ1n) is 8.86. The van der Waals surface area contributed by atoms with E-state index >= 15 is 0 Å². The Hall–Kier alpha value is -3.24. The Morgan fingerprint density at radius 1 is 1.23 bits per heavy atom. The van der Waals surface area contributed by atoms with Crippen molar-refractivity contribution in [1.29, 1.82) is 0 Å². The van der Waals surface area contributed by atoms with E-state index in [1.54, 1.807) is 35.6 Å². The zero-order chi connectivity index (χ0) is 21.3. The molecule has 0 aliphatic heterocycles. The van der Waals surface area contributed by atoms with E-state index in [0.717, 1.165) is 4.90 Å². The molecule has 30 heavy (non-hydrogen) atoms. The molecule has 4 rings (SSSR count). The van der Waals surface area contributed by atoms with E-state index in [-0.39, 0.29) is 17.4 Å². The maximum Gasteiger partial charge on any atom is 0.269 e. The Bertz CT molecular complexity index is 1220. The van der Waals surface area contributed by atoms with Gasteiger partial charge in [0, 0.05) is 34.2 Å². The number of anilines is 1. The third-order valence-electron chi connectivity index (χ3n) is 4.35. The van der Waals surface area contributed by atoms with Crippen molar-refractivity contribution in [3.05, 3.63) is 76.0 Å². The van der Waals surface area contributed by atoms with Crippen LogP contribution in [0.5, 0.6) is 0 Å². The van der Waals surface area contributed by atoms with Gasteiger partial charge in [-0.25, -0.2) is 9.37 Å². The van der Waals surface area contributed by atoms with E-state index in [2.05, 4.69) is 10.3 Å². The molecule has 2 heterocycles. The highest BCUT2D eigenvalue weighted by atomic mass is 32.2. The Kier molecular flexibility index (Phi) is 5.51. The predicted octanol–water partition coefficient (Wildman–Crippen LogP) is 5.23. The summed E-state index contributed by atoms with van der Waals surface area (Å²) in [7, 11) is 0. The van der Waals surface area contributed by atoms with Crippen LogP contribution in [0.4, 0.5) is 15.9 Å². The molecule has 0 aliphatic rings. The highest BCUT2D eigenvalue weighted by Crippen LogP contribution is 2.32. The van der Waals surface area contributed by atoms with E-state index in [0.29, 0.717) is 22.0 Å². The number of halogens is 1. The number of hydrogen-bond acceptors (Lipinski definition) is 6. The molecule has 1 amide bonds. The van der Waals surface area contributed by atoms with Crippen molar-refractivity contribution in [3.63, 3.8) is 0 Å². The number of benzene rings is 2. The Balaban J connectivity index is 1.56. The molecule has 1 atom stereocenters. The van der Waals surface area contributed by atoms with Gasteiger partial charge in [0.1, 0.15) is 17.3 Å². The number of nitrogens with one attached hydrogen (secondary N) is 1. The lowest BCUT2D eigenvalue weighted by molar-refractivity contribution is -0.384. The van der Waals surface area contributed by atoms with Crippen LogP contribution in [0.3, 0.4) is 0 Å². The van der Waals surface area contributed by atoms with E-state index in [4.69, 9.17) is 0 Å². The number of non-ortho nitro benzene ring substituents is 1. The smallest absolute Gasteiger partial charge is 0.269 e. The molecular weight excluding hydrogens is 427 g/mol. The highest BCUT2D eigenvalue weighted by molar-refractivity contribution is 8.00. The Labute approximate surface area is 178 Å².